The van der Waals surface area contributed by atoms with Crippen LogP contribution in [0, 0.1) is 5.92 Å². The normalized spacial score (nSPS) is 20.8. The second-order valence-corrected chi connectivity index (χ2v) is 6.11. The first-order chi connectivity index (χ1) is 10.2. The molecule has 3 rings (SSSR count). The van der Waals surface area contributed by atoms with Crippen LogP contribution < -0.4 is 10.5 Å². The van der Waals surface area contributed by atoms with Gasteiger partial charge in [0.05, 0.1) is 7.11 Å². The summed E-state index contributed by atoms with van der Waals surface area (Å²) in [6.45, 7) is 5.27. The highest BCUT2D eigenvalue weighted by Crippen LogP contribution is 2.31. The molecule has 2 aromatic carbocycles. The summed E-state index contributed by atoms with van der Waals surface area (Å²) < 4.78 is 5.59. The number of likely N-dealkylation sites (tertiary alicyclic amines) is 1. The first kappa shape index (κ1) is 14.4. The lowest BCUT2D eigenvalue weighted by atomic mass is 10.0. The smallest absolute Gasteiger partial charge is 0.123 e. The SMILES string of the molecule is COc1ccc2ccccc2c1CN1CCC(C(C)N)C1. The fourth-order valence-corrected chi connectivity index (χ4v) is 3.33. The van der Waals surface area contributed by atoms with E-state index in [0.29, 0.717) is 5.92 Å². The number of fused-ring (bicyclic) bond motifs is 1. The summed E-state index contributed by atoms with van der Waals surface area (Å²) in [7, 11) is 1.75. The van der Waals surface area contributed by atoms with Crippen molar-refractivity contribution in [2.24, 2.45) is 11.7 Å². The summed E-state index contributed by atoms with van der Waals surface area (Å²) in [5.74, 6) is 1.60. The topological polar surface area (TPSA) is 38.5 Å². The molecule has 2 N–H and O–H groups in total. The van der Waals surface area contributed by atoms with E-state index in [1.54, 1.807) is 7.11 Å². The van der Waals surface area contributed by atoms with Gasteiger partial charge in [0.25, 0.3) is 0 Å². The van der Waals surface area contributed by atoms with Crippen molar-refractivity contribution in [1.82, 2.24) is 4.90 Å². The molecule has 0 saturated carbocycles. The number of hydrogen-bond acceptors (Lipinski definition) is 3. The highest BCUT2D eigenvalue weighted by Gasteiger charge is 2.26. The Balaban J connectivity index is 1.89. The maximum atomic E-state index is 6.05. The third kappa shape index (κ3) is 2.89. The van der Waals surface area contributed by atoms with Gasteiger partial charge in [-0.05, 0) is 42.6 Å². The maximum Gasteiger partial charge on any atom is 0.123 e. The fourth-order valence-electron chi connectivity index (χ4n) is 3.33. The molecule has 112 valence electrons. The Morgan fingerprint density at radius 1 is 1.29 bits per heavy atom. The van der Waals surface area contributed by atoms with Crippen LogP contribution in [-0.4, -0.2) is 31.1 Å². The molecule has 1 aliphatic heterocycles. The van der Waals surface area contributed by atoms with E-state index >= 15 is 0 Å². The first-order valence-corrected chi connectivity index (χ1v) is 7.71. The molecule has 3 heteroatoms. The van der Waals surface area contributed by atoms with Crippen molar-refractivity contribution in [2.75, 3.05) is 20.2 Å². The van der Waals surface area contributed by atoms with Gasteiger partial charge in [-0.1, -0.05) is 30.3 Å². The molecule has 3 nitrogen and oxygen atoms in total. The molecule has 1 fully saturated rings. The molecule has 1 aliphatic rings. The molecule has 21 heavy (non-hydrogen) atoms. The second kappa shape index (κ2) is 6.04. The average Bonchev–Trinajstić information content (AvgIpc) is 2.96. The maximum absolute atomic E-state index is 6.05. The van der Waals surface area contributed by atoms with Crippen molar-refractivity contribution < 1.29 is 4.74 Å². The molecular weight excluding hydrogens is 260 g/mol. The van der Waals surface area contributed by atoms with E-state index < -0.39 is 0 Å². The van der Waals surface area contributed by atoms with Gasteiger partial charge < -0.3 is 10.5 Å². The van der Waals surface area contributed by atoms with Crippen LogP contribution in [0.25, 0.3) is 10.8 Å². The zero-order valence-electron chi connectivity index (χ0n) is 12.9. The molecule has 1 saturated heterocycles. The van der Waals surface area contributed by atoms with E-state index in [4.69, 9.17) is 10.5 Å². The number of nitrogens with two attached hydrogens (primary N) is 1. The van der Waals surface area contributed by atoms with Gasteiger partial charge in [0.1, 0.15) is 5.75 Å². The van der Waals surface area contributed by atoms with Gasteiger partial charge in [-0.25, -0.2) is 0 Å². The summed E-state index contributed by atoms with van der Waals surface area (Å²) in [5, 5.41) is 2.57. The predicted molar refractivity (Wildman–Crippen MR) is 87.5 cm³/mol. The lowest BCUT2D eigenvalue weighted by molar-refractivity contribution is 0.302. The van der Waals surface area contributed by atoms with Crippen LogP contribution in [0.4, 0.5) is 0 Å². The van der Waals surface area contributed by atoms with Gasteiger partial charge in [0, 0.05) is 24.7 Å². The van der Waals surface area contributed by atoms with Crippen LogP contribution in [0.3, 0.4) is 0 Å². The highest BCUT2D eigenvalue weighted by atomic mass is 16.5. The summed E-state index contributed by atoms with van der Waals surface area (Å²) >= 11 is 0. The Morgan fingerprint density at radius 2 is 2.10 bits per heavy atom. The van der Waals surface area contributed by atoms with Crippen molar-refractivity contribution in [3.63, 3.8) is 0 Å². The van der Waals surface area contributed by atoms with Crippen LogP contribution in [-0.2, 0) is 6.54 Å². The summed E-state index contributed by atoms with van der Waals surface area (Å²) in [6.07, 6.45) is 1.20. The molecular formula is C18H24N2O. The molecule has 0 bridgehead atoms. The van der Waals surface area contributed by atoms with Gasteiger partial charge in [0.2, 0.25) is 0 Å². The number of benzene rings is 2. The van der Waals surface area contributed by atoms with Crippen molar-refractivity contribution >= 4 is 10.8 Å². The second-order valence-electron chi connectivity index (χ2n) is 6.11. The van der Waals surface area contributed by atoms with E-state index in [9.17, 15) is 0 Å². The number of ether oxygens (including phenoxy) is 1. The van der Waals surface area contributed by atoms with Gasteiger partial charge in [-0.3, -0.25) is 4.90 Å². The zero-order valence-corrected chi connectivity index (χ0v) is 12.9. The average molecular weight is 284 g/mol. The van der Waals surface area contributed by atoms with Crippen LogP contribution in [0.1, 0.15) is 18.9 Å². The molecule has 1 heterocycles. The predicted octanol–water partition coefficient (Wildman–Crippen LogP) is 3.02. The third-order valence-corrected chi connectivity index (χ3v) is 4.65. The van der Waals surface area contributed by atoms with Gasteiger partial charge in [0.15, 0.2) is 0 Å². The van der Waals surface area contributed by atoms with Crippen LogP contribution in [0.15, 0.2) is 36.4 Å². The Hall–Kier alpha value is -1.58. The number of rotatable bonds is 4. The minimum atomic E-state index is 0.282. The van der Waals surface area contributed by atoms with Crippen molar-refractivity contribution in [3.05, 3.63) is 42.0 Å². The van der Waals surface area contributed by atoms with Crippen LogP contribution in [0.5, 0.6) is 5.75 Å². The van der Waals surface area contributed by atoms with E-state index in [-0.39, 0.29) is 6.04 Å². The molecule has 0 aromatic heterocycles. The van der Waals surface area contributed by atoms with E-state index in [0.717, 1.165) is 25.4 Å². The number of methoxy groups -OCH3 is 1. The monoisotopic (exact) mass is 284 g/mol. The van der Waals surface area contributed by atoms with Crippen LogP contribution >= 0.6 is 0 Å². The van der Waals surface area contributed by atoms with Crippen molar-refractivity contribution in [1.29, 1.82) is 0 Å². The molecule has 0 aliphatic carbocycles. The third-order valence-electron chi connectivity index (χ3n) is 4.65. The Labute approximate surface area is 126 Å². The quantitative estimate of drug-likeness (QED) is 0.938. The highest BCUT2D eigenvalue weighted by molar-refractivity contribution is 5.87. The lowest BCUT2D eigenvalue weighted by Crippen LogP contribution is -2.29. The standard InChI is InChI=1S/C18H24N2O/c1-13(19)15-9-10-20(11-15)12-17-16-6-4-3-5-14(16)7-8-18(17)21-2/h3-8,13,15H,9-12,19H2,1-2H3. The van der Waals surface area contributed by atoms with E-state index in [1.165, 1.54) is 22.8 Å². The zero-order chi connectivity index (χ0) is 14.8. The van der Waals surface area contributed by atoms with Gasteiger partial charge >= 0.3 is 0 Å². The van der Waals surface area contributed by atoms with Crippen molar-refractivity contribution in [2.45, 2.75) is 25.9 Å². The van der Waals surface area contributed by atoms with E-state index in [1.807, 2.05) is 0 Å². The molecule has 0 spiro atoms. The summed E-state index contributed by atoms with van der Waals surface area (Å²) in [6, 6.07) is 13.0. The van der Waals surface area contributed by atoms with Gasteiger partial charge in [-0.2, -0.15) is 0 Å². The fraction of sp³-hybridized carbons (Fsp3) is 0.444. The Bertz CT molecular complexity index is 624. The molecule has 2 aromatic rings. The summed E-state index contributed by atoms with van der Waals surface area (Å²) in [5.41, 5.74) is 7.34. The largest absolute Gasteiger partial charge is 0.496 e. The molecule has 2 atom stereocenters. The molecule has 0 radical (unpaired) electrons. The summed E-state index contributed by atoms with van der Waals surface area (Å²) in [4.78, 5) is 2.50. The minimum absolute atomic E-state index is 0.282. The number of hydrogen-bond donors (Lipinski definition) is 1. The minimum Gasteiger partial charge on any atom is -0.496 e. The van der Waals surface area contributed by atoms with Crippen LogP contribution in [0.2, 0.25) is 0 Å². The lowest BCUT2D eigenvalue weighted by Gasteiger charge is -2.20. The van der Waals surface area contributed by atoms with Gasteiger partial charge in [-0.15, -0.1) is 0 Å². The van der Waals surface area contributed by atoms with Crippen molar-refractivity contribution in [3.8, 4) is 5.75 Å². The van der Waals surface area contributed by atoms with E-state index in [2.05, 4.69) is 48.2 Å². The molecule has 0 amide bonds. The molecule has 2 unspecified atom stereocenters. The Morgan fingerprint density at radius 3 is 2.81 bits per heavy atom. The number of nitrogens with zero attached hydrogens (tertiary/aromatic N) is 1. The Kier molecular flexibility index (Phi) is 4.13. The first-order valence-electron chi connectivity index (χ1n) is 7.71.